The van der Waals surface area contributed by atoms with Gasteiger partial charge in [-0.1, -0.05) is 19.1 Å². The van der Waals surface area contributed by atoms with Crippen molar-refractivity contribution < 1.29 is 14.7 Å². The van der Waals surface area contributed by atoms with Crippen LogP contribution in [-0.2, 0) is 4.79 Å². The Morgan fingerprint density at radius 3 is 2.70 bits per heavy atom. The Hall–Kier alpha value is -2.55. The van der Waals surface area contributed by atoms with Crippen LogP contribution < -0.4 is 5.32 Å². The van der Waals surface area contributed by atoms with Crippen molar-refractivity contribution in [3.8, 4) is 6.07 Å². The van der Waals surface area contributed by atoms with Gasteiger partial charge in [-0.25, -0.2) is 4.79 Å². The molecule has 1 aliphatic heterocycles. The van der Waals surface area contributed by atoms with Crippen molar-refractivity contribution in [2.24, 2.45) is 11.8 Å². The number of amides is 2. The molecule has 2 unspecified atom stereocenters. The highest BCUT2D eigenvalue weighted by atomic mass is 16.4. The highest BCUT2D eigenvalue weighted by Crippen LogP contribution is 2.24. The first-order chi connectivity index (χ1) is 9.52. The maximum Gasteiger partial charge on any atom is 0.321 e. The molecule has 6 heteroatoms. The average Bonchev–Trinajstić information content (AvgIpc) is 2.81. The van der Waals surface area contributed by atoms with Gasteiger partial charge in [0.15, 0.2) is 0 Å². The van der Waals surface area contributed by atoms with Gasteiger partial charge in [0.25, 0.3) is 0 Å². The Labute approximate surface area is 116 Å². The SMILES string of the molecule is CC1CN(C(=O)Nc2ccccc2C#N)CC1C(=O)O. The van der Waals surface area contributed by atoms with Gasteiger partial charge in [-0.15, -0.1) is 0 Å². The largest absolute Gasteiger partial charge is 0.481 e. The van der Waals surface area contributed by atoms with E-state index in [0.717, 1.165) is 0 Å². The third kappa shape index (κ3) is 2.72. The lowest BCUT2D eigenvalue weighted by atomic mass is 9.99. The number of anilines is 1. The van der Waals surface area contributed by atoms with Gasteiger partial charge < -0.3 is 15.3 Å². The second-order valence-electron chi connectivity index (χ2n) is 4.91. The minimum atomic E-state index is -0.884. The summed E-state index contributed by atoms with van der Waals surface area (Å²) in [5.41, 5.74) is 0.814. The van der Waals surface area contributed by atoms with Crippen molar-refractivity contribution in [3.05, 3.63) is 29.8 Å². The molecular formula is C14H15N3O3. The lowest BCUT2D eigenvalue weighted by molar-refractivity contribution is -0.142. The molecule has 104 valence electrons. The Bertz CT molecular complexity index is 579. The fourth-order valence-electron chi connectivity index (χ4n) is 2.34. The van der Waals surface area contributed by atoms with Gasteiger partial charge in [0.1, 0.15) is 6.07 Å². The third-order valence-corrected chi connectivity index (χ3v) is 3.51. The number of carboxylic acids is 1. The zero-order chi connectivity index (χ0) is 14.7. The summed E-state index contributed by atoms with van der Waals surface area (Å²) in [4.78, 5) is 24.6. The molecule has 20 heavy (non-hydrogen) atoms. The van der Waals surface area contributed by atoms with Crippen LogP contribution in [0.5, 0.6) is 0 Å². The standard InChI is InChI=1S/C14H15N3O3/c1-9-7-17(8-11(9)13(18)19)14(20)16-12-5-3-2-4-10(12)6-15/h2-5,9,11H,7-8H2,1H3,(H,16,20)(H,18,19). The third-order valence-electron chi connectivity index (χ3n) is 3.51. The molecule has 0 saturated carbocycles. The molecule has 1 aromatic carbocycles. The van der Waals surface area contributed by atoms with Crippen molar-refractivity contribution in [1.82, 2.24) is 4.90 Å². The van der Waals surface area contributed by atoms with E-state index >= 15 is 0 Å². The number of nitriles is 1. The van der Waals surface area contributed by atoms with Gasteiger partial charge in [0, 0.05) is 13.1 Å². The van der Waals surface area contributed by atoms with Crippen LogP contribution in [0.1, 0.15) is 12.5 Å². The van der Waals surface area contributed by atoms with Crippen LogP contribution in [0.15, 0.2) is 24.3 Å². The minimum Gasteiger partial charge on any atom is -0.481 e. The van der Waals surface area contributed by atoms with E-state index in [0.29, 0.717) is 17.8 Å². The van der Waals surface area contributed by atoms with E-state index in [1.54, 1.807) is 24.3 Å². The van der Waals surface area contributed by atoms with Crippen molar-refractivity contribution in [2.75, 3.05) is 18.4 Å². The molecule has 1 heterocycles. The summed E-state index contributed by atoms with van der Waals surface area (Å²) >= 11 is 0. The van der Waals surface area contributed by atoms with Crippen molar-refractivity contribution >= 4 is 17.7 Å². The summed E-state index contributed by atoms with van der Waals surface area (Å²) < 4.78 is 0. The number of carbonyl (C=O) groups excluding carboxylic acids is 1. The van der Waals surface area contributed by atoms with Crippen molar-refractivity contribution in [3.63, 3.8) is 0 Å². The van der Waals surface area contributed by atoms with Gasteiger partial charge >= 0.3 is 12.0 Å². The Kier molecular flexibility index (Phi) is 3.89. The molecule has 2 atom stereocenters. The smallest absolute Gasteiger partial charge is 0.321 e. The molecule has 1 saturated heterocycles. The van der Waals surface area contributed by atoms with E-state index in [1.165, 1.54) is 4.90 Å². The van der Waals surface area contributed by atoms with E-state index in [1.807, 2.05) is 13.0 Å². The molecule has 6 nitrogen and oxygen atoms in total. The van der Waals surface area contributed by atoms with Crippen molar-refractivity contribution in [2.45, 2.75) is 6.92 Å². The number of nitrogens with zero attached hydrogens (tertiary/aromatic N) is 2. The summed E-state index contributed by atoms with van der Waals surface area (Å²) in [5.74, 6) is -1.50. The number of rotatable bonds is 2. The van der Waals surface area contributed by atoms with Gasteiger partial charge in [0.2, 0.25) is 0 Å². The number of benzene rings is 1. The predicted molar refractivity (Wildman–Crippen MR) is 72.0 cm³/mol. The van der Waals surface area contributed by atoms with Crippen LogP contribution in [0.25, 0.3) is 0 Å². The van der Waals surface area contributed by atoms with Gasteiger partial charge in [-0.05, 0) is 18.1 Å². The highest BCUT2D eigenvalue weighted by Gasteiger charge is 2.37. The average molecular weight is 273 g/mol. The molecule has 1 fully saturated rings. The summed E-state index contributed by atoms with van der Waals surface area (Å²) in [6.45, 7) is 2.41. The van der Waals surface area contributed by atoms with Crippen LogP contribution in [0, 0.1) is 23.2 Å². The number of carbonyl (C=O) groups is 2. The molecule has 2 rings (SSSR count). The van der Waals surface area contributed by atoms with E-state index in [-0.39, 0.29) is 18.5 Å². The summed E-state index contributed by atoms with van der Waals surface area (Å²) in [6, 6.07) is 8.33. The van der Waals surface area contributed by atoms with Gasteiger partial charge in [-0.3, -0.25) is 4.79 Å². The number of hydrogen-bond acceptors (Lipinski definition) is 3. The van der Waals surface area contributed by atoms with E-state index in [2.05, 4.69) is 5.32 Å². The number of aliphatic carboxylic acids is 1. The van der Waals surface area contributed by atoms with Crippen LogP contribution in [-0.4, -0.2) is 35.1 Å². The molecule has 0 aliphatic carbocycles. The molecule has 2 N–H and O–H groups in total. The van der Waals surface area contributed by atoms with Crippen molar-refractivity contribution in [1.29, 1.82) is 5.26 Å². The second kappa shape index (κ2) is 5.61. The molecule has 1 aliphatic rings. The van der Waals surface area contributed by atoms with Crippen LogP contribution in [0.2, 0.25) is 0 Å². The van der Waals surface area contributed by atoms with Crippen LogP contribution in [0.3, 0.4) is 0 Å². The molecule has 0 spiro atoms. The first kappa shape index (κ1) is 13.9. The summed E-state index contributed by atoms with van der Waals surface area (Å²) in [7, 11) is 0. The first-order valence-corrected chi connectivity index (χ1v) is 6.30. The zero-order valence-electron chi connectivity index (χ0n) is 11.0. The maximum atomic E-state index is 12.1. The zero-order valence-corrected chi connectivity index (χ0v) is 11.0. The maximum absolute atomic E-state index is 12.1. The predicted octanol–water partition coefficient (Wildman–Crippen LogP) is 1.74. The molecular weight excluding hydrogens is 258 g/mol. The van der Waals surface area contributed by atoms with Crippen LogP contribution in [0.4, 0.5) is 10.5 Å². The lowest BCUT2D eigenvalue weighted by Crippen LogP contribution is -2.34. The van der Waals surface area contributed by atoms with E-state index < -0.39 is 11.9 Å². The molecule has 1 aromatic rings. The highest BCUT2D eigenvalue weighted by molar-refractivity contribution is 5.91. The number of para-hydroxylation sites is 1. The monoisotopic (exact) mass is 273 g/mol. The number of nitrogens with one attached hydrogen (secondary N) is 1. The quantitative estimate of drug-likeness (QED) is 0.858. The molecule has 0 aromatic heterocycles. The van der Waals surface area contributed by atoms with Gasteiger partial charge in [-0.2, -0.15) is 5.26 Å². The fourth-order valence-corrected chi connectivity index (χ4v) is 2.34. The molecule has 2 amide bonds. The normalized spacial score (nSPS) is 21.3. The number of carboxylic acid groups (broad SMARTS) is 1. The number of likely N-dealkylation sites (tertiary alicyclic amines) is 1. The minimum absolute atomic E-state index is 0.0792. The van der Waals surface area contributed by atoms with E-state index in [4.69, 9.17) is 10.4 Å². The first-order valence-electron chi connectivity index (χ1n) is 6.30. The second-order valence-corrected chi connectivity index (χ2v) is 4.91. The number of urea groups is 1. The summed E-state index contributed by atoms with van der Waals surface area (Å²) in [5, 5.41) is 20.7. The molecule has 0 bridgehead atoms. The summed E-state index contributed by atoms with van der Waals surface area (Å²) in [6.07, 6.45) is 0. The Morgan fingerprint density at radius 1 is 1.40 bits per heavy atom. The van der Waals surface area contributed by atoms with Crippen LogP contribution >= 0.6 is 0 Å². The Morgan fingerprint density at radius 2 is 2.10 bits per heavy atom. The fraction of sp³-hybridized carbons (Fsp3) is 0.357. The van der Waals surface area contributed by atoms with Gasteiger partial charge in [0.05, 0.1) is 17.2 Å². The number of hydrogen-bond donors (Lipinski definition) is 2. The topological polar surface area (TPSA) is 93.4 Å². The lowest BCUT2D eigenvalue weighted by Gasteiger charge is -2.17. The van der Waals surface area contributed by atoms with E-state index in [9.17, 15) is 9.59 Å². The molecule has 0 radical (unpaired) electrons. The Balaban J connectivity index is 2.07.